The molecule has 1 aromatic carbocycles. The van der Waals surface area contributed by atoms with Crippen LogP contribution in [-0.4, -0.2) is 66.2 Å². The molecule has 0 saturated carbocycles. The minimum atomic E-state index is -4.41. The van der Waals surface area contributed by atoms with Gasteiger partial charge in [0, 0.05) is 29.6 Å². The van der Waals surface area contributed by atoms with Crippen LogP contribution in [0.5, 0.6) is 0 Å². The molecule has 0 aliphatic heterocycles. The van der Waals surface area contributed by atoms with Gasteiger partial charge in [-0.05, 0) is 12.1 Å². The predicted octanol–water partition coefficient (Wildman–Crippen LogP) is -0.451. The van der Waals surface area contributed by atoms with Crippen molar-refractivity contribution in [1.82, 2.24) is 0 Å². The molecule has 1 rings (SSSR count). The fourth-order valence-corrected chi connectivity index (χ4v) is 1.98. The molecule has 0 aliphatic rings. The summed E-state index contributed by atoms with van der Waals surface area (Å²) in [6.07, 6.45) is -2.46. The van der Waals surface area contributed by atoms with Gasteiger partial charge in [0.25, 0.3) is 16.2 Å². The van der Waals surface area contributed by atoms with Crippen molar-refractivity contribution < 1.29 is 32.4 Å². The van der Waals surface area contributed by atoms with Gasteiger partial charge >= 0.3 is 11.9 Å². The first-order valence-electron chi connectivity index (χ1n) is 4.28. The molecule has 0 heterocycles. The smallest absolute Gasteiger partial charge is 0.346 e. The van der Waals surface area contributed by atoms with Gasteiger partial charge in [-0.2, -0.15) is 8.42 Å². The van der Waals surface area contributed by atoms with Crippen LogP contribution in [0.1, 0.15) is 0 Å². The van der Waals surface area contributed by atoms with Crippen LogP contribution in [0.2, 0.25) is 0 Å². The van der Waals surface area contributed by atoms with E-state index in [2.05, 4.69) is 4.18 Å². The largest absolute Gasteiger partial charge is 0.479 e. The van der Waals surface area contributed by atoms with E-state index in [1.165, 1.54) is 12.1 Å². The van der Waals surface area contributed by atoms with Crippen molar-refractivity contribution in [1.29, 1.82) is 0 Å². The Hall–Kier alpha value is -0.930. The summed E-state index contributed by atoms with van der Waals surface area (Å²) < 4.78 is 27.1. The van der Waals surface area contributed by atoms with E-state index in [9.17, 15) is 18.0 Å². The van der Waals surface area contributed by atoms with E-state index in [0.29, 0.717) is 0 Å². The Balaban J connectivity index is 0.00000289. The first kappa shape index (κ1) is 17.1. The molecule has 0 unspecified atom stereocenters. The van der Waals surface area contributed by atoms with Crippen LogP contribution in [0.25, 0.3) is 0 Å². The third-order valence-electron chi connectivity index (χ3n) is 1.70. The number of aliphatic carboxylic acids is 2. The van der Waals surface area contributed by atoms with E-state index in [1.807, 2.05) is 0 Å². The molecule has 9 heteroatoms. The van der Waals surface area contributed by atoms with E-state index >= 15 is 0 Å². The van der Waals surface area contributed by atoms with Crippen LogP contribution >= 0.6 is 0 Å². The Morgan fingerprint density at radius 1 is 1.06 bits per heavy atom. The first-order chi connectivity index (χ1) is 7.84. The van der Waals surface area contributed by atoms with Crippen LogP contribution in [0.4, 0.5) is 0 Å². The number of rotatable bonds is 5. The number of hydrogen-bond donors (Lipinski definition) is 2. The quantitative estimate of drug-likeness (QED) is 0.427. The summed E-state index contributed by atoms with van der Waals surface area (Å²) in [5, 5.41) is 17.0. The van der Waals surface area contributed by atoms with E-state index in [-0.39, 0.29) is 34.5 Å². The summed E-state index contributed by atoms with van der Waals surface area (Å²) in [4.78, 5) is 20.6. The third-order valence-corrected chi connectivity index (χ3v) is 3.00. The van der Waals surface area contributed by atoms with E-state index in [0.717, 1.165) is 12.1 Å². The first-order valence-corrected chi connectivity index (χ1v) is 5.69. The van der Waals surface area contributed by atoms with Crippen molar-refractivity contribution in [2.75, 3.05) is 0 Å². The predicted molar refractivity (Wildman–Crippen MR) is 59.5 cm³/mol. The number of carboxylic acids is 2. The second-order valence-corrected chi connectivity index (χ2v) is 4.49. The molecule has 0 saturated heterocycles. The molecule has 7 nitrogen and oxygen atoms in total. The van der Waals surface area contributed by atoms with Crippen LogP contribution in [0, 0.1) is 0 Å². The molecule has 2 N–H and O–H groups in total. The van der Waals surface area contributed by atoms with Crippen molar-refractivity contribution in [3.05, 3.63) is 30.3 Å². The van der Waals surface area contributed by atoms with Gasteiger partial charge in [0.1, 0.15) is 0 Å². The maximum absolute atomic E-state index is 11.5. The Morgan fingerprint density at radius 2 is 1.50 bits per heavy atom. The van der Waals surface area contributed by atoms with E-state index in [4.69, 9.17) is 10.2 Å². The molecular weight excluding hydrogens is 275 g/mol. The van der Waals surface area contributed by atoms with E-state index < -0.39 is 28.2 Å². The molecule has 0 aromatic heterocycles. The third kappa shape index (κ3) is 4.39. The van der Waals surface area contributed by atoms with Gasteiger partial charge in [0.15, 0.2) is 0 Å². The average Bonchev–Trinajstić information content (AvgIpc) is 2.26. The Labute approximate surface area is 125 Å². The van der Waals surface area contributed by atoms with Crippen molar-refractivity contribution in [3.63, 3.8) is 0 Å². The minimum absolute atomic E-state index is 0. The van der Waals surface area contributed by atoms with E-state index in [1.54, 1.807) is 6.07 Å². The Kier molecular flexibility index (Phi) is 6.50. The van der Waals surface area contributed by atoms with Crippen LogP contribution < -0.4 is 0 Å². The average molecular weight is 283 g/mol. The van der Waals surface area contributed by atoms with Crippen molar-refractivity contribution in [2.24, 2.45) is 0 Å². The zero-order valence-corrected chi connectivity index (χ0v) is 12.1. The summed E-state index contributed by atoms with van der Waals surface area (Å²) in [5.41, 5.74) is 0. The maximum Gasteiger partial charge on any atom is 0.346 e. The topological polar surface area (TPSA) is 118 Å². The van der Waals surface area contributed by atoms with Gasteiger partial charge in [-0.15, -0.1) is 0 Å². The van der Waals surface area contributed by atoms with Crippen LogP contribution in [-0.2, 0) is 23.9 Å². The normalized spacial score (nSPS) is 10.7. The van der Waals surface area contributed by atoms with Crippen molar-refractivity contribution in [2.45, 2.75) is 11.0 Å². The zero-order chi connectivity index (χ0) is 13.1. The van der Waals surface area contributed by atoms with Gasteiger partial charge in [-0.25, -0.2) is 13.8 Å². The Morgan fingerprint density at radius 3 is 1.89 bits per heavy atom. The molecular formula is C9H8NaO7S. The van der Waals surface area contributed by atoms with Crippen LogP contribution in [0.15, 0.2) is 35.2 Å². The van der Waals surface area contributed by atoms with Gasteiger partial charge < -0.3 is 10.2 Å². The summed E-state index contributed by atoms with van der Waals surface area (Å²) in [6.45, 7) is 0. The van der Waals surface area contributed by atoms with Crippen molar-refractivity contribution >= 4 is 51.6 Å². The number of carbonyl (C=O) groups is 2. The molecule has 0 aliphatic carbocycles. The molecule has 0 bridgehead atoms. The van der Waals surface area contributed by atoms with Gasteiger partial charge in [-0.3, -0.25) is 0 Å². The molecule has 0 spiro atoms. The maximum atomic E-state index is 11.5. The summed E-state index contributed by atoms with van der Waals surface area (Å²) in [7, 11) is -4.41. The fraction of sp³-hybridized carbons (Fsp3) is 0.111. The molecule has 0 amide bonds. The van der Waals surface area contributed by atoms with Gasteiger partial charge in [0.05, 0.1) is 4.90 Å². The summed E-state index contributed by atoms with van der Waals surface area (Å²) in [5.74, 6) is -3.78. The monoisotopic (exact) mass is 283 g/mol. The minimum Gasteiger partial charge on any atom is -0.479 e. The number of hydrogen-bond acceptors (Lipinski definition) is 5. The standard InChI is InChI=1S/C9H8O7S.Na/c10-8(11)7(9(12)13)16-17(14,15)6-4-2-1-3-5-6;/h1-5,7H,(H,10,11)(H,12,13);. The van der Waals surface area contributed by atoms with Gasteiger partial charge in [0.2, 0.25) is 0 Å². The molecule has 1 radical (unpaired) electrons. The van der Waals surface area contributed by atoms with Crippen molar-refractivity contribution in [3.8, 4) is 0 Å². The number of carboxylic acid groups (broad SMARTS) is 2. The fourth-order valence-electron chi connectivity index (χ4n) is 0.957. The molecule has 0 fully saturated rings. The van der Waals surface area contributed by atoms with Crippen LogP contribution in [0.3, 0.4) is 0 Å². The molecule has 93 valence electrons. The molecule has 1 aromatic rings. The second-order valence-electron chi connectivity index (χ2n) is 2.92. The SMILES string of the molecule is O=C(O)C(OS(=O)(=O)c1ccccc1)C(=O)O.[Na]. The summed E-state index contributed by atoms with van der Waals surface area (Å²) >= 11 is 0. The number of benzene rings is 1. The second kappa shape index (κ2) is 6.86. The molecule has 18 heavy (non-hydrogen) atoms. The Bertz CT molecular complexity index is 511. The zero-order valence-electron chi connectivity index (χ0n) is 9.31. The van der Waals surface area contributed by atoms with Gasteiger partial charge in [-0.1, -0.05) is 18.2 Å². The molecule has 0 atom stereocenters. The summed E-state index contributed by atoms with van der Waals surface area (Å²) in [6, 6.07) is 6.66.